The molecule has 1 aliphatic heterocycles. The smallest absolute Gasteiger partial charge is 0.227 e. The van der Waals surface area contributed by atoms with Crippen LogP contribution in [0.2, 0.25) is 0 Å². The zero-order valence-corrected chi connectivity index (χ0v) is 18.7. The number of benzene rings is 2. The lowest BCUT2D eigenvalue weighted by Gasteiger charge is -2.31. The Morgan fingerprint density at radius 1 is 0.969 bits per heavy atom. The molecule has 0 saturated carbocycles. The fraction of sp³-hybridized carbons (Fsp3) is 0.192. The number of rotatable bonds is 4. The molecule has 0 fully saturated rings. The third-order valence-electron chi connectivity index (χ3n) is 5.90. The van der Waals surface area contributed by atoms with E-state index in [1.807, 2.05) is 38.1 Å². The van der Waals surface area contributed by atoms with Gasteiger partial charge in [0.25, 0.3) is 0 Å². The van der Waals surface area contributed by atoms with E-state index >= 15 is 0 Å². The van der Waals surface area contributed by atoms with Gasteiger partial charge in [0.15, 0.2) is 17.2 Å². The maximum atomic E-state index is 6.34. The Kier molecular flexibility index (Phi) is 4.78. The molecule has 6 heteroatoms. The molecule has 1 atom stereocenters. The van der Waals surface area contributed by atoms with Crippen LogP contribution in [-0.2, 0) is 0 Å². The molecule has 3 heterocycles. The van der Waals surface area contributed by atoms with Crippen molar-refractivity contribution in [3.63, 3.8) is 0 Å². The molecule has 160 valence electrons. The zero-order chi connectivity index (χ0) is 22.4. The summed E-state index contributed by atoms with van der Waals surface area (Å²) < 4.78 is 6.34. The van der Waals surface area contributed by atoms with E-state index in [9.17, 15) is 0 Å². The van der Waals surface area contributed by atoms with Gasteiger partial charge < -0.3 is 9.32 Å². The van der Waals surface area contributed by atoms with E-state index in [-0.39, 0.29) is 6.17 Å². The highest BCUT2D eigenvalue weighted by Gasteiger charge is 2.39. The van der Waals surface area contributed by atoms with E-state index in [1.165, 1.54) is 0 Å². The van der Waals surface area contributed by atoms with Crippen molar-refractivity contribution in [3.05, 3.63) is 77.5 Å². The number of para-hydroxylation sites is 1. The second-order valence-corrected chi connectivity index (χ2v) is 7.92. The van der Waals surface area contributed by atoms with Gasteiger partial charge in [-0.05, 0) is 64.2 Å². The first-order chi connectivity index (χ1) is 15.5. The van der Waals surface area contributed by atoms with E-state index in [1.54, 1.807) is 6.21 Å². The summed E-state index contributed by atoms with van der Waals surface area (Å²) in [5, 5.41) is 2.03. The molecule has 0 aliphatic carbocycles. The van der Waals surface area contributed by atoms with Crippen molar-refractivity contribution in [2.24, 2.45) is 9.98 Å². The van der Waals surface area contributed by atoms with E-state index in [0.29, 0.717) is 11.5 Å². The van der Waals surface area contributed by atoms with Gasteiger partial charge >= 0.3 is 0 Å². The Morgan fingerprint density at radius 3 is 2.44 bits per heavy atom. The third kappa shape index (κ3) is 2.91. The van der Waals surface area contributed by atoms with Crippen molar-refractivity contribution < 1.29 is 4.42 Å². The van der Waals surface area contributed by atoms with Gasteiger partial charge in [0.2, 0.25) is 5.71 Å². The number of nitrogens with zero attached hydrogens (tertiary/aromatic N) is 5. The number of hydrogen-bond donors (Lipinski definition) is 0. The van der Waals surface area contributed by atoms with Crippen molar-refractivity contribution >= 4 is 46.4 Å². The minimum Gasteiger partial charge on any atom is -0.435 e. The van der Waals surface area contributed by atoms with Gasteiger partial charge in [0, 0.05) is 28.4 Å². The Morgan fingerprint density at radius 2 is 1.72 bits per heavy atom. The summed E-state index contributed by atoms with van der Waals surface area (Å²) in [4.78, 5) is 18.1. The van der Waals surface area contributed by atoms with Gasteiger partial charge in [-0.2, -0.15) is 0 Å². The Labute approximate surface area is 187 Å². The Balaban J connectivity index is 1.79. The van der Waals surface area contributed by atoms with Gasteiger partial charge in [-0.3, -0.25) is 4.90 Å². The van der Waals surface area contributed by atoms with Crippen LogP contribution in [0.5, 0.6) is 0 Å². The average molecular weight is 424 g/mol. The lowest BCUT2D eigenvalue weighted by Crippen LogP contribution is -2.38. The summed E-state index contributed by atoms with van der Waals surface area (Å²) in [6.07, 6.45) is 1.69. The molecule has 2 aromatic heterocycles. The first-order valence-electron chi connectivity index (χ1n) is 10.7. The molecule has 1 aliphatic rings. The van der Waals surface area contributed by atoms with Crippen molar-refractivity contribution in [2.45, 2.75) is 33.9 Å². The van der Waals surface area contributed by atoms with Crippen LogP contribution in [0.25, 0.3) is 22.1 Å². The topological polar surface area (TPSA) is 57.2 Å². The van der Waals surface area contributed by atoms with E-state index < -0.39 is 0 Å². The maximum absolute atomic E-state index is 6.34. The van der Waals surface area contributed by atoms with Crippen molar-refractivity contribution in [1.82, 2.24) is 4.98 Å². The molecule has 0 N–H and O–H groups in total. The van der Waals surface area contributed by atoms with Crippen LogP contribution in [0, 0.1) is 13.8 Å². The predicted molar refractivity (Wildman–Crippen MR) is 133 cm³/mol. The van der Waals surface area contributed by atoms with Crippen LogP contribution in [0.15, 0.2) is 80.6 Å². The SMILES string of the molecule is C=NC1=C(/N=C\C)N(c2ccccc2)[C@H](C)N1c1c(C)ccc2c1oc1nc(C)ccc12. The minimum absolute atomic E-state index is 0.0937. The molecule has 5 rings (SSSR count). The molecule has 0 bridgehead atoms. The summed E-state index contributed by atoms with van der Waals surface area (Å²) in [6.45, 7) is 12.0. The highest BCUT2D eigenvalue weighted by atomic mass is 16.3. The Bertz CT molecular complexity index is 1400. The fourth-order valence-corrected chi connectivity index (χ4v) is 4.49. The Hall–Kier alpha value is -3.93. The van der Waals surface area contributed by atoms with Crippen LogP contribution in [0.4, 0.5) is 11.4 Å². The highest BCUT2D eigenvalue weighted by molar-refractivity contribution is 6.09. The molecule has 0 saturated heterocycles. The van der Waals surface area contributed by atoms with Crippen LogP contribution >= 0.6 is 0 Å². The second-order valence-electron chi connectivity index (χ2n) is 7.92. The average Bonchev–Trinajstić information content (AvgIpc) is 3.28. The number of aromatic nitrogens is 1. The van der Waals surface area contributed by atoms with Gasteiger partial charge in [-0.25, -0.2) is 15.0 Å². The normalized spacial score (nSPS) is 16.8. The van der Waals surface area contributed by atoms with E-state index in [2.05, 4.69) is 75.7 Å². The van der Waals surface area contributed by atoms with Crippen LogP contribution in [0.1, 0.15) is 25.1 Å². The van der Waals surface area contributed by atoms with Crippen LogP contribution in [0.3, 0.4) is 0 Å². The molecule has 0 radical (unpaired) electrons. The molecule has 2 aromatic carbocycles. The quantitative estimate of drug-likeness (QED) is 0.367. The van der Waals surface area contributed by atoms with Crippen molar-refractivity contribution in [1.29, 1.82) is 0 Å². The molecular formula is C26H25N5O. The molecule has 32 heavy (non-hydrogen) atoms. The number of hydrogen-bond acceptors (Lipinski definition) is 6. The molecule has 4 aromatic rings. The van der Waals surface area contributed by atoms with Gasteiger partial charge in [-0.15, -0.1) is 0 Å². The lowest BCUT2D eigenvalue weighted by molar-refractivity contribution is 0.645. The number of aliphatic imine (C=N–C) groups is 2. The van der Waals surface area contributed by atoms with E-state index in [4.69, 9.17) is 4.42 Å². The van der Waals surface area contributed by atoms with Crippen molar-refractivity contribution in [2.75, 3.05) is 9.80 Å². The largest absolute Gasteiger partial charge is 0.435 e. The summed E-state index contributed by atoms with van der Waals surface area (Å²) in [5.41, 5.74) is 5.43. The van der Waals surface area contributed by atoms with Crippen LogP contribution in [-0.4, -0.2) is 24.1 Å². The number of anilines is 2. The summed E-state index contributed by atoms with van der Waals surface area (Å²) >= 11 is 0. The van der Waals surface area contributed by atoms with Crippen molar-refractivity contribution in [3.8, 4) is 0 Å². The molecule has 0 unspecified atom stereocenters. The lowest BCUT2D eigenvalue weighted by atomic mass is 10.1. The first kappa shape index (κ1) is 20.0. The number of aryl methyl sites for hydroxylation is 2. The number of pyridine rings is 1. The molecular weight excluding hydrogens is 398 g/mol. The zero-order valence-electron chi connectivity index (χ0n) is 18.7. The third-order valence-corrected chi connectivity index (χ3v) is 5.90. The maximum Gasteiger partial charge on any atom is 0.227 e. The minimum atomic E-state index is -0.0937. The van der Waals surface area contributed by atoms with Crippen LogP contribution < -0.4 is 9.80 Å². The van der Waals surface area contributed by atoms with E-state index in [0.717, 1.165) is 44.8 Å². The predicted octanol–water partition coefficient (Wildman–Crippen LogP) is 6.19. The summed E-state index contributed by atoms with van der Waals surface area (Å²) in [6, 6.07) is 18.5. The number of furan rings is 1. The molecule has 0 spiro atoms. The monoisotopic (exact) mass is 423 g/mol. The summed E-state index contributed by atoms with van der Waals surface area (Å²) in [5.74, 6) is 1.45. The first-order valence-corrected chi connectivity index (χ1v) is 10.7. The van der Waals surface area contributed by atoms with Gasteiger partial charge in [-0.1, -0.05) is 30.3 Å². The number of fused-ring (bicyclic) bond motifs is 3. The molecule has 6 nitrogen and oxygen atoms in total. The van der Waals surface area contributed by atoms with Gasteiger partial charge in [0.05, 0.1) is 5.69 Å². The van der Waals surface area contributed by atoms with Gasteiger partial charge in [0.1, 0.15) is 6.17 Å². The fourth-order valence-electron chi connectivity index (χ4n) is 4.49. The second kappa shape index (κ2) is 7.64. The highest BCUT2D eigenvalue weighted by Crippen LogP contribution is 2.44. The standard InChI is InChI=1S/C26H25N5O/c1-6-28-25-24(27-5)31(18(4)30(25)19-10-8-7-9-11-19)22-16(2)12-14-20-21-15-13-17(3)29-26(21)32-23(20)22/h6-15,18H,5H2,1-4H3/b28-6-/t18-/m0/s1. The molecule has 0 amide bonds. The summed E-state index contributed by atoms with van der Waals surface area (Å²) in [7, 11) is 0.